The van der Waals surface area contributed by atoms with E-state index in [1.807, 2.05) is 17.5 Å². The molecule has 1 aliphatic rings. The minimum atomic E-state index is -1.36. The van der Waals surface area contributed by atoms with Crippen LogP contribution in [0.5, 0.6) is 0 Å². The van der Waals surface area contributed by atoms with Gasteiger partial charge in [0.25, 0.3) is 0 Å². The first kappa shape index (κ1) is 13.5. The van der Waals surface area contributed by atoms with Gasteiger partial charge in [-0.2, -0.15) is 0 Å². The van der Waals surface area contributed by atoms with Crippen molar-refractivity contribution in [3.63, 3.8) is 0 Å². The predicted molar refractivity (Wildman–Crippen MR) is 81.5 cm³/mol. The van der Waals surface area contributed by atoms with E-state index in [0.29, 0.717) is 23.2 Å². The van der Waals surface area contributed by atoms with Gasteiger partial charge in [-0.3, -0.25) is 4.99 Å². The van der Waals surface area contributed by atoms with Crippen molar-refractivity contribution < 1.29 is 5.11 Å². The van der Waals surface area contributed by atoms with E-state index in [0.717, 1.165) is 17.8 Å². The third-order valence-corrected chi connectivity index (χ3v) is 4.39. The SMILES string of the molecule is OC(C1=NCCCN1)(c1cccc(Cl)n1)c1cccs1. The Kier molecular flexibility index (Phi) is 3.74. The van der Waals surface area contributed by atoms with Gasteiger partial charge in [-0.15, -0.1) is 11.3 Å². The van der Waals surface area contributed by atoms with E-state index in [-0.39, 0.29) is 0 Å². The molecule has 20 heavy (non-hydrogen) atoms. The minimum absolute atomic E-state index is 0.355. The van der Waals surface area contributed by atoms with Crippen molar-refractivity contribution in [1.82, 2.24) is 10.3 Å². The van der Waals surface area contributed by atoms with Crippen molar-refractivity contribution >= 4 is 28.8 Å². The average molecular weight is 308 g/mol. The lowest BCUT2D eigenvalue weighted by Gasteiger charge is -2.30. The molecule has 2 aromatic heterocycles. The first-order valence-electron chi connectivity index (χ1n) is 6.39. The summed E-state index contributed by atoms with van der Waals surface area (Å²) in [5, 5.41) is 16.8. The molecule has 0 spiro atoms. The predicted octanol–water partition coefficient (Wildman–Crippen LogP) is 2.42. The van der Waals surface area contributed by atoms with Crippen LogP contribution in [0.3, 0.4) is 0 Å². The van der Waals surface area contributed by atoms with Crippen LogP contribution in [0, 0.1) is 0 Å². The molecule has 0 saturated heterocycles. The number of aliphatic imine (C=N–C) groups is 1. The molecule has 0 aromatic carbocycles. The fourth-order valence-electron chi connectivity index (χ4n) is 2.23. The van der Waals surface area contributed by atoms with Gasteiger partial charge in [0.1, 0.15) is 11.0 Å². The molecule has 2 aromatic rings. The minimum Gasteiger partial charge on any atom is -0.371 e. The highest BCUT2D eigenvalue weighted by molar-refractivity contribution is 7.10. The van der Waals surface area contributed by atoms with Crippen LogP contribution in [0.2, 0.25) is 5.15 Å². The van der Waals surface area contributed by atoms with Gasteiger partial charge < -0.3 is 10.4 Å². The van der Waals surface area contributed by atoms with Crippen LogP contribution in [0.15, 0.2) is 40.7 Å². The van der Waals surface area contributed by atoms with Crippen molar-refractivity contribution in [2.24, 2.45) is 4.99 Å². The summed E-state index contributed by atoms with van der Waals surface area (Å²) in [6.45, 7) is 1.50. The molecule has 4 nitrogen and oxygen atoms in total. The van der Waals surface area contributed by atoms with Gasteiger partial charge in [0.2, 0.25) is 0 Å². The van der Waals surface area contributed by atoms with E-state index in [1.165, 1.54) is 11.3 Å². The largest absolute Gasteiger partial charge is 0.371 e. The van der Waals surface area contributed by atoms with E-state index in [1.54, 1.807) is 18.2 Å². The Labute approximate surface area is 126 Å². The van der Waals surface area contributed by atoms with Crippen LogP contribution in [0.4, 0.5) is 0 Å². The van der Waals surface area contributed by atoms with Gasteiger partial charge in [-0.25, -0.2) is 4.98 Å². The number of rotatable bonds is 3. The summed E-state index contributed by atoms with van der Waals surface area (Å²) in [4.78, 5) is 9.50. The first-order chi connectivity index (χ1) is 9.71. The van der Waals surface area contributed by atoms with Crippen LogP contribution >= 0.6 is 22.9 Å². The number of hydrogen-bond acceptors (Lipinski definition) is 5. The zero-order valence-corrected chi connectivity index (χ0v) is 12.3. The maximum absolute atomic E-state index is 11.3. The van der Waals surface area contributed by atoms with Crippen molar-refractivity contribution in [2.75, 3.05) is 13.1 Å². The molecule has 0 fully saturated rings. The summed E-state index contributed by atoms with van der Waals surface area (Å²) in [5.41, 5.74) is -0.875. The van der Waals surface area contributed by atoms with E-state index in [9.17, 15) is 5.11 Å². The summed E-state index contributed by atoms with van der Waals surface area (Å²) < 4.78 is 0. The highest BCUT2D eigenvalue weighted by atomic mass is 35.5. The van der Waals surface area contributed by atoms with Crippen LogP contribution in [0.25, 0.3) is 0 Å². The van der Waals surface area contributed by atoms with Gasteiger partial charge in [0.05, 0.1) is 5.69 Å². The smallest absolute Gasteiger partial charge is 0.198 e. The quantitative estimate of drug-likeness (QED) is 0.856. The highest BCUT2D eigenvalue weighted by Gasteiger charge is 2.40. The fraction of sp³-hybridized carbons (Fsp3) is 0.286. The van der Waals surface area contributed by atoms with E-state index in [2.05, 4.69) is 15.3 Å². The number of hydrogen-bond donors (Lipinski definition) is 2. The molecular weight excluding hydrogens is 294 g/mol. The molecule has 0 aliphatic carbocycles. The number of nitrogens with zero attached hydrogens (tertiary/aromatic N) is 2. The normalized spacial score (nSPS) is 18.0. The van der Waals surface area contributed by atoms with Crippen LogP contribution in [-0.2, 0) is 5.60 Å². The summed E-state index contributed by atoms with van der Waals surface area (Å²) >= 11 is 7.44. The number of pyridine rings is 1. The van der Waals surface area contributed by atoms with Crippen LogP contribution in [-0.4, -0.2) is 29.0 Å². The van der Waals surface area contributed by atoms with Gasteiger partial charge in [-0.05, 0) is 30.0 Å². The number of nitrogens with one attached hydrogen (secondary N) is 1. The molecule has 0 radical (unpaired) electrons. The molecule has 104 valence electrons. The Balaban J connectivity index is 2.15. The standard InChI is InChI=1S/C14H14ClN3OS/c15-12-6-1-4-10(18-12)14(19,11-5-2-9-20-11)13-16-7-3-8-17-13/h1-2,4-6,9,19H,3,7-8H2,(H,16,17). The first-order valence-corrected chi connectivity index (χ1v) is 7.65. The summed E-state index contributed by atoms with van der Waals surface area (Å²) in [6, 6.07) is 9.03. The summed E-state index contributed by atoms with van der Waals surface area (Å²) in [5.74, 6) is 0.543. The lowest BCUT2D eigenvalue weighted by molar-refractivity contribution is 0.149. The zero-order chi connectivity index (χ0) is 14.0. The molecule has 3 rings (SSSR count). The number of aliphatic hydroxyl groups is 1. The molecule has 0 amide bonds. The van der Waals surface area contributed by atoms with E-state index >= 15 is 0 Å². The molecule has 1 aliphatic heterocycles. The van der Waals surface area contributed by atoms with Crippen molar-refractivity contribution in [2.45, 2.75) is 12.0 Å². The topological polar surface area (TPSA) is 57.5 Å². The van der Waals surface area contributed by atoms with E-state index < -0.39 is 5.60 Å². The fourth-order valence-corrected chi connectivity index (χ4v) is 3.23. The molecule has 1 atom stereocenters. The van der Waals surface area contributed by atoms with Gasteiger partial charge >= 0.3 is 0 Å². The molecule has 0 saturated carbocycles. The lowest BCUT2D eigenvalue weighted by Crippen LogP contribution is -2.47. The number of amidine groups is 1. The molecule has 1 unspecified atom stereocenters. The Morgan fingerprint density at radius 2 is 2.20 bits per heavy atom. The lowest BCUT2D eigenvalue weighted by atomic mass is 9.94. The molecular formula is C14H14ClN3OS. The van der Waals surface area contributed by atoms with Crippen LogP contribution < -0.4 is 5.32 Å². The second-order valence-electron chi connectivity index (χ2n) is 4.54. The Morgan fingerprint density at radius 3 is 2.85 bits per heavy atom. The molecule has 3 heterocycles. The molecule has 6 heteroatoms. The Bertz CT molecular complexity index is 629. The van der Waals surface area contributed by atoms with Crippen molar-refractivity contribution in [1.29, 1.82) is 0 Å². The molecule has 2 N–H and O–H groups in total. The highest BCUT2D eigenvalue weighted by Crippen LogP contribution is 2.33. The van der Waals surface area contributed by atoms with Gasteiger partial charge in [0.15, 0.2) is 5.60 Å². The van der Waals surface area contributed by atoms with Crippen molar-refractivity contribution in [3.05, 3.63) is 51.4 Å². The summed E-state index contributed by atoms with van der Waals surface area (Å²) in [7, 11) is 0. The zero-order valence-electron chi connectivity index (χ0n) is 10.7. The monoisotopic (exact) mass is 307 g/mol. The van der Waals surface area contributed by atoms with E-state index in [4.69, 9.17) is 11.6 Å². The number of halogens is 1. The van der Waals surface area contributed by atoms with Crippen molar-refractivity contribution in [3.8, 4) is 0 Å². The van der Waals surface area contributed by atoms with Crippen LogP contribution in [0.1, 0.15) is 17.0 Å². The second-order valence-corrected chi connectivity index (χ2v) is 5.88. The second kappa shape index (κ2) is 5.52. The van der Waals surface area contributed by atoms with Gasteiger partial charge in [0, 0.05) is 18.0 Å². The number of aromatic nitrogens is 1. The van der Waals surface area contributed by atoms with Gasteiger partial charge in [-0.1, -0.05) is 23.7 Å². The third-order valence-electron chi connectivity index (χ3n) is 3.20. The maximum Gasteiger partial charge on any atom is 0.198 e. The summed E-state index contributed by atoms with van der Waals surface area (Å²) in [6.07, 6.45) is 0.965. The number of thiophene rings is 1. The average Bonchev–Trinajstić information content (AvgIpc) is 3.02. The molecule has 0 bridgehead atoms. The third kappa shape index (κ3) is 2.32. The Hall–Kier alpha value is -1.43. The maximum atomic E-state index is 11.3. The Morgan fingerprint density at radius 1 is 1.30 bits per heavy atom.